The van der Waals surface area contributed by atoms with Crippen LogP contribution in [0.15, 0.2) is 29.1 Å². The standard InChI is InChI=1S/C22H27N5O7/c23-22-26-18-15(20(32)27-22)8-11(9-24-18)7-14(10-28)12-1-3-13(4-2-12)19(31)25-16(21(33)34)5-6-17(29)30/h1-4,11,14,16,28H,5-10H2,(H,25,31)(H,29,30)(H,33,34)(H4,23,24,26,27,32)/t11-,14+,16-/m0/s1. The van der Waals surface area contributed by atoms with Crippen LogP contribution in [0.4, 0.5) is 11.8 Å². The van der Waals surface area contributed by atoms with Crippen LogP contribution >= 0.6 is 0 Å². The van der Waals surface area contributed by atoms with E-state index in [1.54, 1.807) is 12.1 Å². The molecular formula is C22H27N5O7. The highest BCUT2D eigenvalue weighted by Gasteiger charge is 2.26. The summed E-state index contributed by atoms with van der Waals surface area (Å²) in [6.45, 7) is 0.425. The molecule has 0 bridgehead atoms. The fourth-order valence-electron chi connectivity index (χ4n) is 4.01. The lowest BCUT2D eigenvalue weighted by atomic mass is 9.84. The predicted molar refractivity (Wildman–Crippen MR) is 122 cm³/mol. The third-order valence-corrected chi connectivity index (χ3v) is 5.82. The molecule has 1 aromatic carbocycles. The van der Waals surface area contributed by atoms with Gasteiger partial charge in [-0.3, -0.25) is 19.4 Å². The van der Waals surface area contributed by atoms with Gasteiger partial charge in [0.2, 0.25) is 5.95 Å². The Kier molecular flexibility index (Phi) is 7.84. The number of nitrogens with two attached hydrogens (primary N) is 1. The zero-order chi connectivity index (χ0) is 24.8. The Morgan fingerprint density at radius 2 is 1.91 bits per heavy atom. The minimum absolute atomic E-state index is 0.0450. The van der Waals surface area contributed by atoms with Gasteiger partial charge in [0.05, 0.1) is 5.56 Å². The van der Waals surface area contributed by atoms with Crippen molar-refractivity contribution < 1.29 is 29.7 Å². The highest BCUT2D eigenvalue weighted by Crippen LogP contribution is 2.29. The molecule has 1 amide bonds. The number of aliphatic carboxylic acids is 2. The summed E-state index contributed by atoms with van der Waals surface area (Å²) in [4.78, 5) is 53.2. The van der Waals surface area contributed by atoms with Crippen LogP contribution in [-0.4, -0.2) is 62.3 Å². The second-order valence-corrected chi connectivity index (χ2v) is 8.26. The topological polar surface area (TPSA) is 208 Å². The molecule has 0 saturated carbocycles. The van der Waals surface area contributed by atoms with Crippen molar-refractivity contribution in [2.75, 3.05) is 24.2 Å². The number of carboxylic acid groups (broad SMARTS) is 2. The van der Waals surface area contributed by atoms with Gasteiger partial charge in [-0.2, -0.15) is 4.98 Å². The number of nitrogens with zero attached hydrogens (tertiary/aromatic N) is 1. The van der Waals surface area contributed by atoms with Gasteiger partial charge in [0.1, 0.15) is 11.9 Å². The average molecular weight is 473 g/mol. The molecule has 182 valence electrons. The van der Waals surface area contributed by atoms with Crippen molar-refractivity contribution in [3.05, 3.63) is 51.3 Å². The number of carboxylic acids is 2. The summed E-state index contributed by atoms with van der Waals surface area (Å²) in [7, 11) is 0. The molecule has 2 aromatic rings. The molecule has 1 aromatic heterocycles. The number of aliphatic hydroxyl groups is 1. The summed E-state index contributed by atoms with van der Waals surface area (Å²) in [6.07, 6.45) is 0.443. The minimum atomic E-state index is -1.32. The normalized spacial score (nSPS) is 16.6. The fraction of sp³-hybridized carbons (Fsp3) is 0.409. The maximum absolute atomic E-state index is 12.4. The van der Waals surface area contributed by atoms with Crippen LogP contribution in [0, 0.1) is 5.92 Å². The second-order valence-electron chi connectivity index (χ2n) is 8.26. The molecule has 3 rings (SSSR count). The number of aromatic amines is 1. The van der Waals surface area contributed by atoms with Crippen molar-refractivity contribution in [1.82, 2.24) is 15.3 Å². The van der Waals surface area contributed by atoms with Crippen LogP contribution < -0.4 is 21.9 Å². The van der Waals surface area contributed by atoms with Gasteiger partial charge in [-0.1, -0.05) is 12.1 Å². The van der Waals surface area contributed by atoms with Gasteiger partial charge >= 0.3 is 11.9 Å². The average Bonchev–Trinajstić information content (AvgIpc) is 2.80. The van der Waals surface area contributed by atoms with E-state index in [0.29, 0.717) is 30.8 Å². The summed E-state index contributed by atoms with van der Waals surface area (Å²) in [5.74, 6) is -2.77. The van der Waals surface area contributed by atoms with Gasteiger partial charge in [0, 0.05) is 31.1 Å². The molecule has 0 aliphatic carbocycles. The zero-order valence-electron chi connectivity index (χ0n) is 18.3. The molecule has 0 saturated heterocycles. The molecule has 1 aliphatic rings. The molecule has 12 nitrogen and oxygen atoms in total. The number of rotatable bonds is 10. The number of carbonyl (C=O) groups excluding carboxylic acids is 1. The largest absolute Gasteiger partial charge is 0.481 e. The Bertz CT molecular complexity index is 1120. The molecule has 0 spiro atoms. The molecule has 0 unspecified atom stereocenters. The Hall–Kier alpha value is -3.93. The molecular weight excluding hydrogens is 446 g/mol. The molecule has 34 heavy (non-hydrogen) atoms. The number of carbonyl (C=O) groups is 3. The SMILES string of the molecule is Nc1nc2c(c(=O)[nH]1)C[C@H](C[C@H](CO)c1ccc(C(=O)N[C@@H](CCC(=O)O)C(=O)O)cc1)CN2. The number of aromatic nitrogens is 2. The molecule has 0 radical (unpaired) electrons. The van der Waals surface area contributed by atoms with E-state index >= 15 is 0 Å². The predicted octanol–water partition coefficient (Wildman–Crippen LogP) is 0.150. The van der Waals surface area contributed by atoms with Gasteiger partial charge in [-0.15, -0.1) is 0 Å². The van der Waals surface area contributed by atoms with E-state index in [4.69, 9.17) is 10.8 Å². The number of aliphatic hydroxyl groups excluding tert-OH is 1. The Morgan fingerprint density at radius 3 is 2.53 bits per heavy atom. The lowest BCUT2D eigenvalue weighted by molar-refractivity contribution is -0.140. The van der Waals surface area contributed by atoms with Gasteiger partial charge in [0.25, 0.3) is 11.5 Å². The van der Waals surface area contributed by atoms with E-state index in [9.17, 15) is 29.4 Å². The summed E-state index contributed by atoms with van der Waals surface area (Å²) < 4.78 is 0. The number of H-pyrrole nitrogens is 1. The highest BCUT2D eigenvalue weighted by atomic mass is 16.4. The van der Waals surface area contributed by atoms with Crippen molar-refractivity contribution in [2.45, 2.75) is 37.6 Å². The van der Waals surface area contributed by atoms with Crippen LogP contribution in [-0.2, 0) is 16.0 Å². The lowest BCUT2D eigenvalue weighted by Crippen LogP contribution is -2.41. The number of nitrogen functional groups attached to an aromatic ring is 1. The van der Waals surface area contributed by atoms with Crippen LogP contribution in [0.25, 0.3) is 0 Å². The smallest absolute Gasteiger partial charge is 0.326 e. The Morgan fingerprint density at radius 1 is 1.21 bits per heavy atom. The highest BCUT2D eigenvalue weighted by molar-refractivity contribution is 5.96. The van der Waals surface area contributed by atoms with Crippen LogP contribution in [0.1, 0.15) is 46.7 Å². The van der Waals surface area contributed by atoms with Gasteiger partial charge in [0.15, 0.2) is 0 Å². The third kappa shape index (κ3) is 6.10. The first-order valence-corrected chi connectivity index (χ1v) is 10.8. The second kappa shape index (κ2) is 10.8. The van der Waals surface area contributed by atoms with Crippen molar-refractivity contribution in [1.29, 1.82) is 0 Å². The third-order valence-electron chi connectivity index (χ3n) is 5.82. The van der Waals surface area contributed by atoms with Crippen LogP contribution in [0.5, 0.6) is 0 Å². The maximum Gasteiger partial charge on any atom is 0.326 e. The monoisotopic (exact) mass is 473 g/mol. The zero-order valence-corrected chi connectivity index (χ0v) is 18.3. The van der Waals surface area contributed by atoms with Gasteiger partial charge < -0.3 is 31.7 Å². The van der Waals surface area contributed by atoms with E-state index in [2.05, 4.69) is 20.6 Å². The number of benzene rings is 1. The first kappa shape index (κ1) is 24.7. The number of nitrogens with one attached hydrogen (secondary N) is 3. The van der Waals surface area contributed by atoms with Gasteiger partial charge in [-0.05, 0) is 42.9 Å². The van der Waals surface area contributed by atoms with Gasteiger partial charge in [-0.25, -0.2) is 4.79 Å². The quantitative estimate of drug-likeness (QED) is 0.248. The molecule has 12 heteroatoms. The number of hydrogen-bond acceptors (Lipinski definition) is 8. The first-order valence-electron chi connectivity index (χ1n) is 10.8. The molecule has 3 atom stereocenters. The Balaban J connectivity index is 1.64. The molecule has 8 N–H and O–H groups in total. The van der Waals surface area contributed by atoms with Crippen LogP contribution in [0.3, 0.4) is 0 Å². The summed E-state index contributed by atoms with van der Waals surface area (Å²) >= 11 is 0. The fourth-order valence-corrected chi connectivity index (χ4v) is 4.01. The van der Waals surface area contributed by atoms with E-state index in [1.165, 1.54) is 12.1 Å². The van der Waals surface area contributed by atoms with E-state index in [-0.39, 0.29) is 48.4 Å². The number of hydrogen-bond donors (Lipinski definition) is 7. The molecule has 2 heterocycles. The van der Waals surface area contributed by atoms with E-state index in [0.717, 1.165) is 5.56 Å². The van der Waals surface area contributed by atoms with Crippen LogP contribution in [0.2, 0.25) is 0 Å². The number of amides is 1. The minimum Gasteiger partial charge on any atom is -0.481 e. The first-order chi connectivity index (χ1) is 16.2. The molecule has 0 fully saturated rings. The number of fused-ring (bicyclic) bond motifs is 1. The van der Waals surface area contributed by atoms with Crippen molar-refractivity contribution in [3.63, 3.8) is 0 Å². The molecule has 1 aliphatic heterocycles. The van der Waals surface area contributed by atoms with Crippen molar-refractivity contribution in [3.8, 4) is 0 Å². The summed E-state index contributed by atoms with van der Waals surface area (Å²) in [6, 6.07) is 5.09. The Labute approximate surface area is 194 Å². The number of anilines is 2. The lowest BCUT2D eigenvalue weighted by Gasteiger charge is -2.27. The summed E-state index contributed by atoms with van der Waals surface area (Å²) in [5, 5.41) is 33.3. The maximum atomic E-state index is 12.4. The van der Waals surface area contributed by atoms with E-state index in [1.807, 2.05) is 0 Å². The van der Waals surface area contributed by atoms with Crippen molar-refractivity contribution in [2.24, 2.45) is 5.92 Å². The van der Waals surface area contributed by atoms with Crippen molar-refractivity contribution >= 4 is 29.6 Å². The summed E-state index contributed by atoms with van der Waals surface area (Å²) in [5.41, 5.74) is 6.80. The van der Waals surface area contributed by atoms with E-state index < -0.39 is 23.9 Å².